The van der Waals surface area contributed by atoms with Gasteiger partial charge in [0.25, 0.3) is 0 Å². The van der Waals surface area contributed by atoms with Crippen LogP contribution in [0.5, 0.6) is 0 Å². The van der Waals surface area contributed by atoms with E-state index in [0.717, 1.165) is 31.5 Å². The molecule has 20 heavy (non-hydrogen) atoms. The van der Waals surface area contributed by atoms with Crippen molar-refractivity contribution in [2.24, 2.45) is 5.92 Å². The highest BCUT2D eigenvalue weighted by Gasteiger charge is 2.38. The van der Waals surface area contributed by atoms with Crippen LogP contribution in [-0.4, -0.2) is 16.1 Å². The molecular weight excluding hydrogens is 267 g/mol. The molecule has 114 valence electrons. The maximum absolute atomic E-state index is 13.1. The summed E-state index contributed by atoms with van der Waals surface area (Å²) in [6.07, 6.45) is -0.949. The summed E-state index contributed by atoms with van der Waals surface area (Å²) in [4.78, 5) is 3.81. The smallest absolute Gasteiger partial charge is 0.324 e. The molecule has 2 heterocycles. The van der Waals surface area contributed by atoms with Gasteiger partial charge in [-0.1, -0.05) is 26.7 Å². The molecule has 0 fully saturated rings. The summed E-state index contributed by atoms with van der Waals surface area (Å²) < 4.78 is 40.6. The number of unbranched alkanes of at least 4 members (excludes halogenated alkanes) is 1. The summed E-state index contributed by atoms with van der Waals surface area (Å²) in [5.74, 6) is -0.131. The Balaban J connectivity index is 2.14. The van der Waals surface area contributed by atoms with Gasteiger partial charge in [-0.05, 0) is 12.3 Å². The Morgan fingerprint density at radius 1 is 1.30 bits per heavy atom. The molecule has 0 atom stereocenters. The van der Waals surface area contributed by atoms with Crippen LogP contribution in [-0.2, 0) is 25.7 Å². The van der Waals surface area contributed by atoms with Crippen molar-refractivity contribution in [3.8, 4) is 0 Å². The highest BCUT2D eigenvalue weighted by molar-refractivity contribution is 5.21. The van der Waals surface area contributed by atoms with E-state index in [4.69, 9.17) is 0 Å². The Bertz CT molecular complexity index is 449. The normalized spacial score (nSPS) is 15.7. The van der Waals surface area contributed by atoms with E-state index in [2.05, 4.69) is 24.1 Å². The van der Waals surface area contributed by atoms with Crippen molar-refractivity contribution < 1.29 is 13.2 Å². The molecule has 0 radical (unpaired) electrons. The van der Waals surface area contributed by atoms with Gasteiger partial charge in [0.05, 0.1) is 5.69 Å². The van der Waals surface area contributed by atoms with E-state index < -0.39 is 12.0 Å². The van der Waals surface area contributed by atoms with Gasteiger partial charge in [0.1, 0.15) is 0 Å². The second-order valence-electron chi connectivity index (χ2n) is 5.79. The van der Waals surface area contributed by atoms with Gasteiger partial charge in [-0.15, -0.1) is 0 Å². The van der Waals surface area contributed by atoms with Crippen molar-refractivity contribution in [3.63, 3.8) is 0 Å². The van der Waals surface area contributed by atoms with Crippen LogP contribution in [0.2, 0.25) is 0 Å². The molecule has 1 aromatic heterocycles. The van der Waals surface area contributed by atoms with E-state index in [-0.39, 0.29) is 0 Å². The number of nitrogens with zero attached hydrogens (tertiary/aromatic N) is 2. The zero-order valence-corrected chi connectivity index (χ0v) is 12.1. The van der Waals surface area contributed by atoms with Crippen LogP contribution in [0.3, 0.4) is 0 Å². The zero-order chi connectivity index (χ0) is 14.8. The molecule has 0 saturated carbocycles. The van der Waals surface area contributed by atoms with Crippen molar-refractivity contribution in [2.75, 3.05) is 6.54 Å². The molecule has 1 aliphatic rings. The number of aromatic nitrogens is 2. The predicted octanol–water partition coefficient (Wildman–Crippen LogP) is 3.37. The number of alkyl halides is 3. The fourth-order valence-electron chi connectivity index (χ4n) is 2.65. The summed E-state index contributed by atoms with van der Waals surface area (Å²) in [6.45, 7) is 5.85. The minimum absolute atomic E-state index is 0.421. The Kier molecular flexibility index (Phi) is 4.73. The first kappa shape index (κ1) is 15.4. The lowest BCUT2D eigenvalue weighted by molar-refractivity contribution is -0.147. The Morgan fingerprint density at radius 2 is 2.05 bits per heavy atom. The molecule has 0 bridgehead atoms. The number of hydrogen-bond donors (Lipinski definition) is 1. The maximum atomic E-state index is 13.1. The van der Waals surface area contributed by atoms with Crippen LogP contribution in [0.25, 0.3) is 0 Å². The summed E-state index contributed by atoms with van der Waals surface area (Å²) in [7, 11) is 0. The van der Waals surface area contributed by atoms with E-state index >= 15 is 0 Å². The largest absolute Gasteiger partial charge is 0.449 e. The summed E-state index contributed by atoms with van der Waals surface area (Å²) in [5, 5.41) is 3.07. The molecule has 0 unspecified atom stereocenters. The monoisotopic (exact) mass is 289 g/mol. The molecule has 3 nitrogen and oxygen atoms in total. The Labute approximate surface area is 117 Å². The van der Waals surface area contributed by atoms with Gasteiger partial charge in [-0.2, -0.15) is 13.2 Å². The van der Waals surface area contributed by atoms with Crippen LogP contribution >= 0.6 is 0 Å². The topological polar surface area (TPSA) is 29.9 Å². The first-order valence-electron chi connectivity index (χ1n) is 7.25. The standard InChI is InChI=1S/C14H22F3N3/c1-10(2)5-3-4-8-20-12-6-7-18-9-11(12)19-13(20)14(15,16)17/h10,18H,3-9H2,1-2H3. The molecule has 1 aromatic rings. The lowest BCUT2D eigenvalue weighted by Gasteiger charge is -2.17. The van der Waals surface area contributed by atoms with Crippen molar-refractivity contribution >= 4 is 0 Å². The summed E-state index contributed by atoms with van der Waals surface area (Å²) in [5.41, 5.74) is 1.33. The quantitative estimate of drug-likeness (QED) is 0.842. The SMILES string of the molecule is CC(C)CCCCn1c(C(F)(F)F)nc2c1CCNC2. The number of fused-ring (bicyclic) bond motifs is 1. The molecule has 0 spiro atoms. The molecule has 0 amide bonds. The molecule has 2 rings (SSSR count). The highest BCUT2D eigenvalue weighted by Crippen LogP contribution is 2.31. The van der Waals surface area contributed by atoms with Gasteiger partial charge in [0.2, 0.25) is 5.82 Å². The van der Waals surface area contributed by atoms with Gasteiger partial charge in [0.15, 0.2) is 0 Å². The minimum Gasteiger partial charge on any atom is -0.324 e. The third kappa shape index (κ3) is 3.53. The lowest BCUT2D eigenvalue weighted by atomic mass is 10.1. The highest BCUT2D eigenvalue weighted by atomic mass is 19.4. The molecular formula is C14H22F3N3. The third-order valence-corrected chi connectivity index (χ3v) is 3.65. The van der Waals surface area contributed by atoms with Crippen molar-refractivity contribution in [2.45, 2.75) is 58.8 Å². The first-order valence-corrected chi connectivity index (χ1v) is 7.25. The maximum Gasteiger partial charge on any atom is 0.449 e. The zero-order valence-electron chi connectivity index (χ0n) is 12.1. The molecule has 0 saturated heterocycles. The number of halogens is 3. The molecule has 1 N–H and O–H groups in total. The number of nitrogens with one attached hydrogen (secondary N) is 1. The summed E-state index contributed by atoms with van der Waals surface area (Å²) in [6, 6.07) is 0. The Hall–Kier alpha value is -1.04. The van der Waals surface area contributed by atoms with E-state index in [1.54, 1.807) is 0 Å². The average molecular weight is 289 g/mol. The number of rotatable bonds is 5. The van der Waals surface area contributed by atoms with Gasteiger partial charge < -0.3 is 9.88 Å². The molecule has 6 heteroatoms. The van der Waals surface area contributed by atoms with Crippen molar-refractivity contribution in [1.82, 2.24) is 14.9 Å². The van der Waals surface area contributed by atoms with Crippen LogP contribution in [0.15, 0.2) is 0 Å². The second-order valence-corrected chi connectivity index (χ2v) is 5.79. The summed E-state index contributed by atoms with van der Waals surface area (Å²) >= 11 is 0. The van der Waals surface area contributed by atoms with Crippen LogP contribution in [0, 0.1) is 5.92 Å². The van der Waals surface area contributed by atoms with Gasteiger partial charge >= 0.3 is 6.18 Å². The van der Waals surface area contributed by atoms with Gasteiger partial charge in [-0.3, -0.25) is 0 Å². The molecule has 0 aliphatic carbocycles. The van der Waals surface area contributed by atoms with E-state index in [1.165, 1.54) is 4.57 Å². The molecule has 1 aliphatic heterocycles. The van der Waals surface area contributed by atoms with E-state index in [1.807, 2.05) is 0 Å². The Morgan fingerprint density at radius 3 is 2.70 bits per heavy atom. The van der Waals surface area contributed by atoms with E-state index in [9.17, 15) is 13.2 Å². The molecule has 0 aromatic carbocycles. The van der Waals surface area contributed by atoms with Gasteiger partial charge in [-0.25, -0.2) is 4.98 Å². The second kappa shape index (κ2) is 6.16. The predicted molar refractivity (Wildman–Crippen MR) is 71.3 cm³/mol. The van der Waals surface area contributed by atoms with Crippen molar-refractivity contribution in [1.29, 1.82) is 0 Å². The number of imidazole rings is 1. The lowest BCUT2D eigenvalue weighted by Crippen LogP contribution is -2.25. The fourth-order valence-corrected chi connectivity index (χ4v) is 2.65. The first-order chi connectivity index (χ1) is 9.39. The average Bonchev–Trinajstić information content (AvgIpc) is 2.73. The number of hydrogen-bond acceptors (Lipinski definition) is 2. The van der Waals surface area contributed by atoms with E-state index in [0.29, 0.717) is 31.1 Å². The van der Waals surface area contributed by atoms with Gasteiger partial charge in [0, 0.05) is 31.7 Å². The van der Waals surface area contributed by atoms with Crippen LogP contribution < -0.4 is 5.32 Å². The minimum atomic E-state index is -4.37. The van der Waals surface area contributed by atoms with Crippen LogP contribution in [0.4, 0.5) is 13.2 Å². The van der Waals surface area contributed by atoms with Crippen molar-refractivity contribution in [3.05, 3.63) is 17.2 Å². The fraction of sp³-hybridized carbons (Fsp3) is 0.786. The van der Waals surface area contributed by atoms with Crippen LogP contribution in [0.1, 0.15) is 50.3 Å². The third-order valence-electron chi connectivity index (χ3n) is 3.65.